The van der Waals surface area contributed by atoms with E-state index in [2.05, 4.69) is 15.1 Å². The molecule has 0 bridgehead atoms. The van der Waals surface area contributed by atoms with Crippen LogP contribution >= 0.6 is 0 Å². The molecule has 0 atom stereocenters. The van der Waals surface area contributed by atoms with Gasteiger partial charge >= 0.3 is 0 Å². The highest BCUT2D eigenvalue weighted by Gasteiger charge is 2.13. The van der Waals surface area contributed by atoms with E-state index >= 15 is 0 Å². The minimum Gasteiger partial charge on any atom is -0.493 e. The zero-order valence-corrected chi connectivity index (χ0v) is 8.93. The molecule has 0 saturated heterocycles. The predicted molar refractivity (Wildman–Crippen MR) is 55.2 cm³/mol. The third-order valence-corrected chi connectivity index (χ3v) is 1.86. The van der Waals surface area contributed by atoms with E-state index in [-0.39, 0.29) is 11.8 Å². The molecule has 0 radical (unpaired) electrons. The smallest absolute Gasteiger partial charge is 0.192 e. The first-order chi connectivity index (χ1) is 7.10. The highest BCUT2D eigenvalue weighted by Crippen LogP contribution is 2.17. The van der Waals surface area contributed by atoms with Gasteiger partial charge in [0.2, 0.25) is 0 Å². The van der Waals surface area contributed by atoms with Crippen molar-refractivity contribution in [2.75, 3.05) is 7.11 Å². The van der Waals surface area contributed by atoms with E-state index < -0.39 is 0 Å². The van der Waals surface area contributed by atoms with Crippen LogP contribution < -0.4 is 10.5 Å². The van der Waals surface area contributed by atoms with Crippen molar-refractivity contribution < 1.29 is 9.94 Å². The predicted octanol–water partition coefficient (Wildman–Crippen LogP) is 0.703. The van der Waals surface area contributed by atoms with Crippen LogP contribution in [-0.2, 0) is 0 Å². The summed E-state index contributed by atoms with van der Waals surface area (Å²) in [7, 11) is 1.47. The molecule has 6 nitrogen and oxygen atoms in total. The van der Waals surface area contributed by atoms with Crippen molar-refractivity contribution >= 4 is 5.84 Å². The molecular weight excluding hydrogens is 196 g/mol. The molecule has 1 heterocycles. The first-order valence-corrected chi connectivity index (χ1v) is 4.49. The molecule has 3 N–H and O–H groups in total. The highest BCUT2D eigenvalue weighted by atomic mass is 16.5. The summed E-state index contributed by atoms with van der Waals surface area (Å²) in [6, 6.07) is 0. The van der Waals surface area contributed by atoms with Crippen LogP contribution in [0.5, 0.6) is 5.75 Å². The lowest BCUT2D eigenvalue weighted by Crippen LogP contribution is -2.18. The Morgan fingerprint density at radius 3 is 2.73 bits per heavy atom. The van der Waals surface area contributed by atoms with Crippen molar-refractivity contribution in [2.24, 2.45) is 10.9 Å². The Bertz CT molecular complexity index is 376. The van der Waals surface area contributed by atoms with E-state index in [1.807, 2.05) is 13.8 Å². The van der Waals surface area contributed by atoms with Crippen LogP contribution in [0.15, 0.2) is 11.4 Å². The Morgan fingerprint density at radius 2 is 2.27 bits per heavy atom. The van der Waals surface area contributed by atoms with E-state index in [9.17, 15) is 0 Å². The largest absolute Gasteiger partial charge is 0.493 e. The summed E-state index contributed by atoms with van der Waals surface area (Å²) in [5.41, 5.74) is 5.77. The molecular formula is C9H14N4O2. The third-order valence-electron chi connectivity index (χ3n) is 1.86. The van der Waals surface area contributed by atoms with Crippen LogP contribution in [0, 0.1) is 0 Å². The summed E-state index contributed by atoms with van der Waals surface area (Å²) in [5, 5.41) is 11.5. The maximum Gasteiger partial charge on any atom is 0.192 e. The van der Waals surface area contributed by atoms with Gasteiger partial charge < -0.3 is 15.7 Å². The quantitative estimate of drug-likeness (QED) is 0.331. The summed E-state index contributed by atoms with van der Waals surface area (Å²) in [6.07, 6.45) is 1.51. The number of nitrogens with two attached hydrogens (primary N) is 1. The second kappa shape index (κ2) is 4.59. The Kier molecular flexibility index (Phi) is 3.43. The number of hydrogen-bond donors (Lipinski definition) is 2. The summed E-state index contributed by atoms with van der Waals surface area (Å²) in [6.45, 7) is 3.91. The first kappa shape index (κ1) is 11.2. The molecule has 1 rings (SSSR count). The molecule has 0 amide bonds. The van der Waals surface area contributed by atoms with Crippen LogP contribution in [-0.4, -0.2) is 28.1 Å². The van der Waals surface area contributed by atoms with Crippen LogP contribution in [0.25, 0.3) is 0 Å². The zero-order valence-electron chi connectivity index (χ0n) is 8.93. The maximum absolute atomic E-state index is 8.58. The first-order valence-electron chi connectivity index (χ1n) is 4.49. The molecule has 0 aliphatic heterocycles. The van der Waals surface area contributed by atoms with Crippen molar-refractivity contribution in [3.05, 3.63) is 17.7 Å². The van der Waals surface area contributed by atoms with Gasteiger partial charge in [-0.1, -0.05) is 19.0 Å². The Morgan fingerprint density at radius 1 is 1.60 bits per heavy atom. The molecule has 15 heavy (non-hydrogen) atoms. The third kappa shape index (κ3) is 2.34. The lowest BCUT2D eigenvalue weighted by atomic mass is 10.2. The van der Waals surface area contributed by atoms with E-state index in [0.717, 1.165) is 0 Å². The van der Waals surface area contributed by atoms with Crippen molar-refractivity contribution in [3.8, 4) is 5.75 Å². The fourth-order valence-electron chi connectivity index (χ4n) is 1.04. The molecule has 82 valence electrons. The number of rotatable bonds is 3. The Hall–Kier alpha value is -1.85. The van der Waals surface area contributed by atoms with Gasteiger partial charge in [-0.15, -0.1) is 0 Å². The van der Waals surface area contributed by atoms with Crippen molar-refractivity contribution in [3.63, 3.8) is 0 Å². The van der Waals surface area contributed by atoms with Crippen LogP contribution in [0.2, 0.25) is 0 Å². The summed E-state index contributed by atoms with van der Waals surface area (Å²) in [5.74, 6) is 1.09. The molecule has 0 unspecified atom stereocenters. The van der Waals surface area contributed by atoms with Crippen molar-refractivity contribution in [1.82, 2.24) is 9.97 Å². The van der Waals surface area contributed by atoms with Crippen LogP contribution in [0.3, 0.4) is 0 Å². The van der Waals surface area contributed by atoms with E-state index in [1.54, 1.807) is 0 Å². The van der Waals surface area contributed by atoms with Gasteiger partial charge in [0.1, 0.15) is 5.82 Å². The topological polar surface area (TPSA) is 93.6 Å². The summed E-state index contributed by atoms with van der Waals surface area (Å²) >= 11 is 0. The number of ether oxygens (including phenoxy) is 1. The highest BCUT2D eigenvalue weighted by molar-refractivity contribution is 5.97. The van der Waals surface area contributed by atoms with E-state index in [1.165, 1.54) is 13.3 Å². The fraction of sp³-hybridized carbons (Fsp3) is 0.444. The number of oxime groups is 1. The average molecular weight is 210 g/mol. The van der Waals surface area contributed by atoms with Gasteiger partial charge in [-0.05, 0) is 0 Å². The minimum absolute atomic E-state index is 0.0869. The monoisotopic (exact) mass is 210 g/mol. The van der Waals surface area contributed by atoms with Gasteiger partial charge in [0.15, 0.2) is 17.3 Å². The minimum atomic E-state index is -0.0869. The van der Waals surface area contributed by atoms with E-state index in [4.69, 9.17) is 15.7 Å². The van der Waals surface area contributed by atoms with Crippen LogP contribution in [0.1, 0.15) is 31.3 Å². The van der Waals surface area contributed by atoms with Gasteiger partial charge in [0, 0.05) is 5.92 Å². The molecule has 0 fully saturated rings. The van der Waals surface area contributed by atoms with E-state index in [0.29, 0.717) is 17.3 Å². The zero-order chi connectivity index (χ0) is 11.4. The second-order valence-corrected chi connectivity index (χ2v) is 3.29. The molecule has 0 aromatic carbocycles. The number of hydrogen-bond acceptors (Lipinski definition) is 5. The van der Waals surface area contributed by atoms with Crippen LogP contribution in [0.4, 0.5) is 0 Å². The Labute approximate surface area is 87.8 Å². The maximum atomic E-state index is 8.58. The van der Waals surface area contributed by atoms with Gasteiger partial charge in [-0.3, -0.25) is 0 Å². The fourth-order valence-corrected chi connectivity index (χ4v) is 1.04. The van der Waals surface area contributed by atoms with Gasteiger partial charge in [0.05, 0.1) is 13.3 Å². The second-order valence-electron chi connectivity index (χ2n) is 3.29. The number of aromatic nitrogens is 2. The standard InChI is InChI=1S/C9H14N4O2/c1-5(2)9-11-4-6(15-3)7(12-9)8(10)13-14/h4-5,14H,1-3H3,(H2,10,13). The SMILES string of the molecule is COc1cnc(C(C)C)nc1/C(N)=N\O. The molecule has 0 aliphatic carbocycles. The molecule has 0 spiro atoms. The molecule has 1 aromatic rings. The van der Waals surface area contributed by atoms with Gasteiger partial charge in [0.25, 0.3) is 0 Å². The number of nitrogens with zero attached hydrogens (tertiary/aromatic N) is 3. The summed E-state index contributed by atoms with van der Waals surface area (Å²) < 4.78 is 5.01. The Balaban J connectivity index is 3.25. The average Bonchev–Trinajstić information content (AvgIpc) is 2.27. The normalized spacial score (nSPS) is 11.9. The molecule has 6 heteroatoms. The van der Waals surface area contributed by atoms with Crippen molar-refractivity contribution in [1.29, 1.82) is 0 Å². The van der Waals surface area contributed by atoms with Gasteiger partial charge in [-0.25, -0.2) is 9.97 Å². The van der Waals surface area contributed by atoms with Crippen molar-refractivity contribution in [2.45, 2.75) is 19.8 Å². The molecule has 0 aliphatic rings. The van der Waals surface area contributed by atoms with Gasteiger partial charge in [-0.2, -0.15) is 0 Å². The lowest BCUT2D eigenvalue weighted by Gasteiger charge is -2.09. The number of amidine groups is 1. The summed E-state index contributed by atoms with van der Waals surface area (Å²) in [4.78, 5) is 8.26. The lowest BCUT2D eigenvalue weighted by molar-refractivity contribution is 0.318. The number of methoxy groups -OCH3 is 1. The molecule has 1 aromatic heterocycles. The molecule has 0 saturated carbocycles.